The Kier molecular flexibility index (Phi) is 12.3. The quantitative estimate of drug-likeness (QED) is 0.185. The van der Waals surface area contributed by atoms with E-state index in [0.717, 1.165) is 4.47 Å². The van der Waals surface area contributed by atoms with Gasteiger partial charge in [-0.05, 0) is 10.0 Å². The molecule has 0 unspecified atom stereocenters. The monoisotopic (exact) mass is 666 g/mol. The van der Waals surface area contributed by atoms with Gasteiger partial charge in [0, 0.05) is 0 Å². The molecule has 0 aliphatic rings. The van der Waals surface area contributed by atoms with E-state index < -0.39 is 0 Å². The molecule has 0 nitrogen and oxygen atoms in total. The molecule has 0 N–H and O–H groups in total. The molecule has 0 aliphatic carbocycles. The molecule has 0 aromatic heterocycles. The van der Waals surface area contributed by atoms with E-state index in [0.29, 0.717) is 0 Å². The van der Waals surface area contributed by atoms with Crippen LogP contribution in [-0.4, -0.2) is 5.43 Å². The standard InChI is InChI=1S/C16H13.C13H8Br.C2H6Si.2ClH.Zr/c1-12-10-14-8-5-9-15(16(14)11-12)13-6-3-2-4-7-13;14-11-5-6-13-10(8-11)7-9-3-1-2-4-12(9)13;1-3-2;;;/h2-11H,1H3;1-8H;1-2H3;2*1H;/q2*-1;;;;+2/p-2. The molecular weight excluding hydrogens is 642 g/mol. The van der Waals surface area contributed by atoms with Gasteiger partial charge in [0.2, 0.25) is 0 Å². The van der Waals surface area contributed by atoms with Gasteiger partial charge in [-0.3, -0.25) is 0 Å². The van der Waals surface area contributed by atoms with E-state index in [2.05, 4.69) is 145 Å². The van der Waals surface area contributed by atoms with Crippen molar-refractivity contribution in [2.75, 3.05) is 0 Å². The first-order chi connectivity index (χ1) is 16.4. The first kappa shape index (κ1) is 30.7. The molecule has 0 amide bonds. The Balaban J connectivity index is 0.000000212. The topological polar surface area (TPSA) is 0 Å². The normalized spacial score (nSPS) is 9.94. The van der Waals surface area contributed by atoms with Crippen molar-refractivity contribution in [3.05, 3.63) is 119 Å². The summed E-state index contributed by atoms with van der Waals surface area (Å²) >= 11 is 5.23. The summed E-state index contributed by atoms with van der Waals surface area (Å²) in [5.74, 6) is 0. The molecule has 0 aliphatic heterocycles. The largest absolute Gasteiger partial charge is 1.00 e. The Morgan fingerprint density at radius 3 is 1.94 bits per heavy atom. The third kappa shape index (κ3) is 7.76. The van der Waals surface area contributed by atoms with Gasteiger partial charge in [0.15, 0.2) is 0 Å². The maximum absolute atomic E-state index is 3.49. The van der Waals surface area contributed by atoms with Crippen LogP contribution >= 0.6 is 15.9 Å². The number of hydrogen-bond acceptors (Lipinski definition) is 0. The van der Waals surface area contributed by atoms with Gasteiger partial charge in [0.25, 0.3) is 0 Å². The van der Waals surface area contributed by atoms with Crippen molar-refractivity contribution >= 4 is 53.7 Å². The third-order valence-corrected chi connectivity index (χ3v) is 6.05. The van der Waals surface area contributed by atoms with Gasteiger partial charge in [-0.1, -0.05) is 95.1 Å². The predicted octanol–water partition coefficient (Wildman–Crippen LogP) is 3.80. The summed E-state index contributed by atoms with van der Waals surface area (Å²) in [6.45, 7) is 6.76. The molecule has 0 saturated heterocycles. The Bertz CT molecular complexity index is 1560. The van der Waals surface area contributed by atoms with Crippen molar-refractivity contribution in [3.63, 3.8) is 0 Å². The molecular formula is C31H27BrCl2SiZr-2. The van der Waals surface area contributed by atoms with Crippen molar-refractivity contribution in [1.29, 1.82) is 0 Å². The average molecular weight is 670 g/mol. The summed E-state index contributed by atoms with van der Waals surface area (Å²) in [4.78, 5) is 0. The smallest absolute Gasteiger partial charge is 0.0279 e. The van der Waals surface area contributed by atoms with Gasteiger partial charge in [0.05, 0.1) is 0 Å². The Labute approximate surface area is 250 Å². The summed E-state index contributed by atoms with van der Waals surface area (Å²) in [7, 11) is 0. The van der Waals surface area contributed by atoms with Crippen LogP contribution in [0.2, 0.25) is 13.1 Å². The van der Waals surface area contributed by atoms with Gasteiger partial charge in [-0.2, -0.15) is 6.07 Å². The van der Waals surface area contributed by atoms with Crippen LogP contribution in [0, 0.1) is 6.92 Å². The van der Waals surface area contributed by atoms with Crippen LogP contribution in [-0.2, 0) is 23.3 Å². The van der Waals surface area contributed by atoms with Crippen LogP contribution in [0.1, 0.15) is 5.56 Å². The molecule has 0 bridgehead atoms. The van der Waals surface area contributed by atoms with Crippen molar-refractivity contribution in [1.82, 2.24) is 0 Å². The molecule has 6 rings (SSSR count). The van der Waals surface area contributed by atoms with E-state index in [4.69, 9.17) is 0 Å². The minimum absolute atomic E-state index is 0. The maximum Gasteiger partial charge on any atom is -0.0279 e. The second kappa shape index (κ2) is 14.5. The van der Waals surface area contributed by atoms with Crippen LogP contribution in [0.5, 0.6) is 0 Å². The van der Waals surface area contributed by atoms with E-state index in [-0.39, 0.29) is 30.2 Å². The first-order valence-corrected chi connectivity index (χ1v) is 18.4. The molecule has 6 aromatic carbocycles. The van der Waals surface area contributed by atoms with Crippen molar-refractivity contribution in [2.24, 2.45) is 0 Å². The van der Waals surface area contributed by atoms with Crippen LogP contribution in [0.25, 0.3) is 43.4 Å². The maximum atomic E-state index is 3.49. The molecule has 0 spiro atoms. The molecule has 0 heterocycles. The summed E-state index contributed by atoms with van der Waals surface area (Å²) < 4.78 is 1.14. The fourth-order valence-electron chi connectivity index (χ4n) is 4.19. The van der Waals surface area contributed by atoms with Gasteiger partial charge in [-0.15, -0.1) is 74.3 Å². The van der Waals surface area contributed by atoms with E-state index in [1.165, 1.54) is 49.0 Å². The fraction of sp³-hybridized carbons (Fsp3) is 0.0968. The van der Waals surface area contributed by atoms with Gasteiger partial charge < -0.3 is 24.8 Å². The second-order valence-corrected chi connectivity index (χ2v) is 19.0. The van der Waals surface area contributed by atoms with Crippen LogP contribution < -0.4 is 24.8 Å². The first-order valence-electron chi connectivity index (χ1n) is 11.4. The van der Waals surface area contributed by atoms with E-state index in [1.54, 1.807) is 23.3 Å². The molecule has 0 atom stereocenters. The fourth-order valence-corrected chi connectivity index (χ4v) is 4.57. The van der Waals surface area contributed by atoms with Crippen molar-refractivity contribution in [3.8, 4) is 11.1 Å². The zero-order valence-electron chi connectivity index (χ0n) is 20.5. The van der Waals surface area contributed by atoms with E-state index in [9.17, 15) is 0 Å². The van der Waals surface area contributed by atoms with Crippen molar-refractivity contribution in [2.45, 2.75) is 20.0 Å². The number of aryl methyl sites for hydroxylation is 1. The van der Waals surface area contributed by atoms with E-state index >= 15 is 0 Å². The molecule has 0 radical (unpaired) electrons. The van der Waals surface area contributed by atoms with Crippen LogP contribution in [0.3, 0.4) is 0 Å². The number of hydrogen-bond donors (Lipinski definition) is 0. The molecule has 36 heavy (non-hydrogen) atoms. The zero-order valence-corrected chi connectivity index (χ0v) is 27.1. The minimum Gasteiger partial charge on any atom is -1.00 e. The second-order valence-electron chi connectivity index (χ2n) is 8.67. The summed E-state index contributed by atoms with van der Waals surface area (Å²) in [6.07, 6.45) is 0. The van der Waals surface area contributed by atoms with Crippen molar-refractivity contribution < 1.29 is 48.1 Å². The van der Waals surface area contributed by atoms with Gasteiger partial charge in [0.1, 0.15) is 0 Å². The van der Waals surface area contributed by atoms with Crippen LogP contribution in [0.4, 0.5) is 0 Å². The number of rotatable bonds is 1. The Hall–Kier alpha value is -1.48. The number of halogens is 3. The molecule has 0 fully saturated rings. The molecule has 5 heteroatoms. The predicted molar refractivity (Wildman–Crippen MR) is 152 cm³/mol. The molecule has 6 aromatic rings. The van der Waals surface area contributed by atoms with Crippen LogP contribution in [0.15, 0.2) is 114 Å². The number of fused-ring (bicyclic) bond motifs is 4. The summed E-state index contributed by atoms with van der Waals surface area (Å²) in [5.41, 5.74) is 4.16. The molecule has 182 valence electrons. The number of benzene rings is 4. The Morgan fingerprint density at radius 1 is 0.639 bits per heavy atom. The summed E-state index contributed by atoms with van der Waals surface area (Å²) in [5, 5.41) is 7.99. The van der Waals surface area contributed by atoms with Gasteiger partial charge >= 0.3 is 41.9 Å². The minimum atomic E-state index is 0. The third-order valence-electron chi connectivity index (χ3n) is 5.56. The van der Waals surface area contributed by atoms with E-state index in [1.807, 2.05) is 0 Å². The molecule has 0 saturated carbocycles. The average Bonchev–Trinajstić information content (AvgIpc) is 3.38. The van der Waals surface area contributed by atoms with Gasteiger partial charge in [-0.25, -0.2) is 0 Å². The summed E-state index contributed by atoms with van der Waals surface area (Å²) in [6, 6.07) is 38.7. The Morgan fingerprint density at radius 2 is 1.22 bits per heavy atom. The zero-order chi connectivity index (χ0) is 24.1. The SMILES string of the molecule is Brc1ccc2c(c1)[cH-]c1ccccc12.C[Si](C)=[Zr+2].Cc1cc2c(-c3ccccc3)cccc2[cH-]1.[Cl-].[Cl-].